The zero-order valence-electron chi connectivity index (χ0n) is 10.0. The Balaban J connectivity index is 3.00. The zero-order chi connectivity index (χ0) is 13.1. The van der Waals surface area contributed by atoms with Crippen LogP contribution in [0.1, 0.15) is 12.5 Å². The van der Waals surface area contributed by atoms with Crippen molar-refractivity contribution in [3.05, 3.63) is 42.5 Å². The molecule has 1 aromatic carbocycles. The van der Waals surface area contributed by atoms with Gasteiger partial charge in [0.25, 0.3) is 0 Å². The molecule has 1 unspecified atom stereocenters. The SMILES string of the molecule is C=CC(CS(=O)(=O)c1ccc(C)cc1)C(C)=O. The molecule has 0 N–H and O–H groups in total. The maximum Gasteiger partial charge on any atom is 0.179 e. The third-order valence-corrected chi connectivity index (χ3v) is 4.37. The van der Waals surface area contributed by atoms with E-state index in [1.165, 1.54) is 13.0 Å². The number of rotatable bonds is 5. The van der Waals surface area contributed by atoms with Crippen LogP contribution in [-0.2, 0) is 14.6 Å². The topological polar surface area (TPSA) is 51.2 Å². The largest absolute Gasteiger partial charge is 0.299 e. The fourth-order valence-corrected chi connectivity index (χ4v) is 3.02. The molecule has 1 rings (SSSR count). The van der Waals surface area contributed by atoms with Gasteiger partial charge >= 0.3 is 0 Å². The molecule has 0 fully saturated rings. The predicted octanol–water partition coefficient (Wildman–Crippen LogP) is 2.16. The van der Waals surface area contributed by atoms with Crippen LogP contribution in [-0.4, -0.2) is 20.0 Å². The number of hydrogen-bond donors (Lipinski definition) is 0. The van der Waals surface area contributed by atoms with Crippen molar-refractivity contribution in [3.63, 3.8) is 0 Å². The Morgan fingerprint density at radius 1 is 1.35 bits per heavy atom. The fourth-order valence-electron chi connectivity index (χ4n) is 1.43. The Morgan fingerprint density at radius 2 is 1.88 bits per heavy atom. The van der Waals surface area contributed by atoms with Crippen LogP contribution in [0.3, 0.4) is 0 Å². The lowest BCUT2D eigenvalue weighted by Crippen LogP contribution is -2.20. The van der Waals surface area contributed by atoms with Gasteiger partial charge in [-0.15, -0.1) is 6.58 Å². The van der Waals surface area contributed by atoms with Crippen LogP contribution >= 0.6 is 0 Å². The van der Waals surface area contributed by atoms with Crippen LogP contribution in [0.2, 0.25) is 0 Å². The van der Waals surface area contributed by atoms with Gasteiger partial charge in [0.15, 0.2) is 9.84 Å². The van der Waals surface area contributed by atoms with Crippen molar-refractivity contribution in [2.75, 3.05) is 5.75 Å². The highest BCUT2D eigenvalue weighted by Crippen LogP contribution is 2.16. The van der Waals surface area contributed by atoms with E-state index in [0.717, 1.165) is 5.56 Å². The molecule has 4 heteroatoms. The van der Waals surface area contributed by atoms with E-state index < -0.39 is 15.8 Å². The number of benzene rings is 1. The van der Waals surface area contributed by atoms with Crippen LogP contribution in [0.4, 0.5) is 0 Å². The van der Waals surface area contributed by atoms with E-state index in [4.69, 9.17) is 0 Å². The van der Waals surface area contributed by atoms with E-state index in [2.05, 4.69) is 6.58 Å². The van der Waals surface area contributed by atoms with E-state index in [0.29, 0.717) is 0 Å². The molecule has 0 aromatic heterocycles. The molecule has 17 heavy (non-hydrogen) atoms. The predicted molar refractivity (Wildman–Crippen MR) is 67.6 cm³/mol. The number of Topliss-reactive ketones (excluding diaryl/α,β-unsaturated/α-hetero) is 1. The second-order valence-corrected chi connectivity index (χ2v) is 6.08. The summed E-state index contributed by atoms with van der Waals surface area (Å²) in [5.41, 5.74) is 0.996. The Bertz CT molecular complexity index is 512. The van der Waals surface area contributed by atoms with E-state index in [1.807, 2.05) is 6.92 Å². The first-order valence-corrected chi connectivity index (χ1v) is 6.94. The van der Waals surface area contributed by atoms with Gasteiger partial charge < -0.3 is 0 Å². The number of sulfone groups is 1. The lowest BCUT2D eigenvalue weighted by atomic mass is 10.1. The molecule has 92 valence electrons. The van der Waals surface area contributed by atoms with Crippen LogP contribution < -0.4 is 0 Å². The van der Waals surface area contributed by atoms with Crippen molar-refractivity contribution in [2.45, 2.75) is 18.7 Å². The maximum atomic E-state index is 12.0. The molecule has 0 bridgehead atoms. The Hall–Kier alpha value is -1.42. The van der Waals surface area contributed by atoms with Crippen LogP contribution in [0, 0.1) is 12.8 Å². The van der Waals surface area contributed by atoms with Gasteiger partial charge in [-0.2, -0.15) is 0 Å². The van der Waals surface area contributed by atoms with Crippen LogP contribution in [0.25, 0.3) is 0 Å². The van der Waals surface area contributed by atoms with Crippen molar-refractivity contribution >= 4 is 15.6 Å². The fraction of sp³-hybridized carbons (Fsp3) is 0.308. The molecule has 1 aromatic rings. The highest BCUT2D eigenvalue weighted by Gasteiger charge is 2.21. The van der Waals surface area contributed by atoms with Crippen molar-refractivity contribution in [1.29, 1.82) is 0 Å². The molecular weight excluding hydrogens is 236 g/mol. The maximum absolute atomic E-state index is 12.0. The molecule has 0 aliphatic rings. The van der Waals surface area contributed by atoms with Gasteiger partial charge in [0.1, 0.15) is 5.78 Å². The highest BCUT2D eigenvalue weighted by molar-refractivity contribution is 7.91. The Kier molecular flexibility index (Phi) is 4.23. The number of ketones is 1. The summed E-state index contributed by atoms with van der Waals surface area (Å²) in [4.78, 5) is 11.4. The molecule has 0 heterocycles. The first-order valence-electron chi connectivity index (χ1n) is 5.29. The third-order valence-electron chi connectivity index (χ3n) is 2.59. The summed E-state index contributed by atoms with van der Waals surface area (Å²) in [7, 11) is -3.43. The quantitative estimate of drug-likeness (QED) is 0.755. The number of carbonyl (C=O) groups excluding carboxylic acids is 1. The minimum atomic E-state index is -3.43. The van der Waals surface area contributed by atoms with Crippen molar-refractivity contribution < 1.29 is 13.2 Å². The standard InChI is InChI=1S/C13H16O3S/c1-4-12(11(3)14)9-17(15,16)13-7-5-10(2)6-8-13/h4-8,12H,1,9H2,2-3H3. The normalized spacial score (nSPS) is 13.1. The van der Waals surface area contributed by atoms with Crippen molar-refractivity contribution in [2.24, 2.45) is 5.92 Å². The lowest BCUT2D eigenvalue weighted by Gasteiger charge is -2.09. The lowest BCUT2D eigenvalue weighted by molar-refractivity contribution is -0.118. The van der Waals surface area contributed by atoms with Gasteiger partial charge in [0.2, 0.25) is 0 Å². The summed E-state index contributed by atoms with van der Waals surface area (Å²) in [6.07, 6.45) is 1.38. The molecule has 0 saturated heterocycles. The van der Waals surface area contributed by atoms with Gasteiger partial charge in [0.05, 0.1) is 10.6 Å². The summed E-state index contributed by atoms with van der Waals surface area (Å²) in [5, 5.41) is 0. The summed E-state index contributed by atoms with van der Waals surface area (Å²) in [6.45, 7) is 6.75. The molecule has 0 aliphatic carbocycles. The third kappa shape index (κ3) is 3.53. The second kappa shape index (κ2) is 5.27. The molecular formula is C13H16O3S. The van der Waals surface area contributed by atoms with E-state index >= 15 is 0 Å². The molecule has 0 radical (unpaired) electrons. The minimum Gasteiger partial charge on any atom is -0.299 e. The number of hydrogen-bond acceptors (Lipinski definition) is 3. The van der Waals surface area contributed by atoms with E-state index in [1.54, 1.807) is 24.3 Å². The smallest absolute Gasteiger partial charge is 0.179 e. The van der Waals surface area contributed by atoms with Gasteiger partial charge in [0, 0.05) is 5.92 Å². The molecule has 0 spiro atoms. The van der Waals surface area contributed by atoms with Gasteiger partial charge in [-0.1, -0.05) is 23.8 Å². The summed E-state index contributed by atoms with van der Waals surface area (Å²) >= 11 is 0. The average molecular weight is 252 g/mol. The minimum absolute atomic E-state index is 0.185. The first kappa shape index (κ1) is 13.6. The first-order chi connectivity index (χ1) is 7.86. The monoisotopic (exact) mass is 252 g/mol. The van der Waals surface area contributed by atoms with Crippen molar-refractivity contribution in [3.8, 4) is 0 Å². The molecule has 0 saturated carbocycles. The number of aryl methyl sites for hydroxylation is 1. The Morgan fingerprint density at radius 3 is 2.29 bits per heavy atom. The molecule has 3 nitrogen and oxygen atoms in total. The van der Waals surface area contributed by atoms with Crippen molar-refractivity contribution in [1.82, 2.24) is 0 Å². The average Bonchev–Trinajstić information content (AvgIpc) is 2.26. The summed E-state index contributed by atoms with van der Waals surface area (Å²) in [6, 6.07) is 6.60. The summed E-state index contributed by atoms with van der Waals surface area (Å²) < 4.78 is 24.0. The van der Waals surface area contributed by atoms with Gasteiger partial charge in [-0.3, -0.25) is 4.79 Å². The number of allylic oxidation sites excluding steroid dienone is 1. The van der Waals surface area contributed by atoms with E-state index in [9.17, 15) is 13.2 Å². The summed E-state index contributed by atoms with van der Waals surface area (Å²) in [5.74, 6) is -1.04. The molecule has 0 aliphatic heterocycles. The van der Waals surface area contributed by atoms with Gasteiger partial charge in [-0.25, -0.2) is 8.42 Å². The Labute approximate surface area is 102 Å². The van der Waals surface area contributed by atoms with Gasteiger partial charge in [-0.05, 0) is 26.0 Å². The van der Waals surface area contributed by atoms with Crippen LogP contribution in [0.15, 0.2) is 41.8 Å². The van der Waals surface area contributed by atoms with Crippen LogP contribution in [0.5, 0.6) is 0 Å². The number of carbonyl (C=O) groups is 1. The second-order valence-electron chi connectivity index (χ2n) is 4.05. The molecule has 0 amide bonds. The molecule has 1 atom stereocenters. The van der Waals surface area contributed by atoms with E-state index in [-0.39, 0.29) is 16.4 Å². The zero-order valence-corrected chi connectivity index (χ0v) is 10.8. The highest BCUT2D eigenvalue weighted by atomic mass is 32.2.